The molecule has 1 aliphatic carbocycles. The second-order valence-corrected chi connectivity index (χ2v) is 7.48. The van der Waals surface area contributed by atoms with E-state index in [2.05, 4.69) is 24.9 Å². The molecular weight excluding hydrogens is 328 g/mol. The van der Waals surface area contributed by atoms with Crippen LogP contribution in [0.15, 0.2) is 29.2 Å². The Labute approximate surface area is 145 Å². The molecule has 0 N–H and O–H groups in total. The van der Waals surface area contributed by atoms with E-state index in [0.717, 1.165) is 12.8 Å². The molecule has 2 heterocycles. The molecule has 0 amide bonds. The zero-order valence-electron chi connectivity index (χ0n) is 13.7. The zero-order chi connectivity index (χ0) is 16.9. The first-order chi connectivity index (χ1) is 11.4. The van der Waals surface area contributed by atoms with Crippen molar-refractivity contribution in [3.8, 4) is 11.8 Å². The van der Waals surface area contributed by atoms with Gasteiger partial charge in [0.05, 0.1) is 11.6 Å². The van der Waals surface area contributed by atoms with Crippen LogP contribution >= 0.6 is 11.6 Å². The molecule has 0 spiro atoms. The monoisotopic (exact) mass is 346 g/mol. The minimum Gasteiger partial charge on any atom is -0.488 e. The van der Waals surface area contributed by atoms with Gasteiger partial charge in [0.15, 0.2) is 6.10 Å². The number of aromatic nitrogens is 2. The lowest BCUT2D eigenvalue weighted by Gasteiger charge is -2.20. The van der Waals surface area contributed by atoms with E-state index in [0.29, 0.717) is 29.9 Å². The van der Waals surface area contributed by atoms with Crippen molar-refractivity contribution in [1.82, 2.24) is 9.55 Å². The molecule has 126 valence electrons. The van der Waals surface area contributed by atoms with E-state index in [-0.39, 0.29) is 17.1 Å². The SMILES string of the molecule is CC1(C)CCc2cc(OC[C@@H]3Cn4ccc(=O)nc4O3)c(Cl)cc21. The van der Waals surface area contributed by atoms with Crippen molar-refractivity contribution in [3.63, 3.8) is 0 Å². The van der Waals surface area contributed by atoms with Gasteiger partial charge >= 0.3 is 0 Å². The minimum absolute atomic E-state index is 0.173. The van der Waals surface area contributed by atoms with Gasteiger partial charge in [-0.3, -0.25) is 9.36 Å². The van der Waals surface area contributed by atoms with Crippen LogP contribution in [-0.2, 0) is 18.4 Å². The maximum Gasteiger partial charge on any atom is 0.300 e. The second-order valence-electron chi connectivity index (χ2n) is 7.08. The summed E-state index contributed by atoms with van der Waals surface area (Å²) in [5.74, 6) is 0.690. The molecule has 1 aliphatic heterocycles. The molecular formula is C18H19ClN2O3. The predicted octanol–water partition coefficient (Wildman–Crippen LogP) is 2.96. The summed E-state index contributed by atoms with van der Waals surface area (Å²) >= 11 is 6.41. The molecule has 0 bridgehead atoms. The van der Waals surface area contributed by atoms with Crippen molar-refractivity contribution < 1.29 is 9.47 Å². The third kappa shape index (κ3) is 2.67. The summed E-state index contributed by atoms with van der Waals surface area (Å²) in [5.41, 5.74) is 2.49. The Hall–Kier alpha value is -2.01. The molecule has 1 atom stereocenters. The summed E-state index contributed by atoms with van der Waals surface area (Å²) in [5, 5.41) is 0.631. The third-order valence-electron chi connectivity index (χ3n) is 4.85. The van der Waals surface area contributed by atoms with Crippen LogP contribution in [0, 0.1) is 0 Å². The standard InChI is InChI=1S/C18H19ClN2O3/c1-18(2)5-3-11-7-15(14(19)8-13(11)18)23-10-12-9-21-6-4-16(22)20-17(21)24-12/h4,6-8,12H,3,5,9-10H2,1-2H3/t12-/m0/s1. The first kappa shape index (κ1) is 15.5. The van der Waals surface area contributed by atoms with E-state index in [9.17, 15) is 4.79 Å². The van der Waals surface area contributed by atoms with Crippen LogP contribution < -0.4 is 15.0 Å². The third-order valence-corrected chi connectivity index (χ3v) is 5.15. The maximum absolute atomic E-state index is 11.3. The second kappa shape index (κ2) is 5.52. The highest BCUT2D eigenvalue weighted by atomic mass is 35.5. The summed E-state index contributed by atoms with van der Waals surface area (Å²) in [6.45, 7) is 5.46. The largest absolute Gasteiger partial charge is 0.488 e. The predicted molar refractivity (Wildman–Crippen MR) is 91.2 cm³/mol. The van der Waals surface area contributed by atoms with E-state index >= 15 is 0 Å². The molecule has 0 saturated carbocycles. The highest BCUT2D eigenvalue weighted by molar-refractivity contribution is 6.32. The van der Waals surface area contributed by atoms with Crippen LogP contribution in [-0.4, -0.2) is 22.3 Å². The number of ether oxygens (including phenoxy) is 2. The Kier molecular flexibility index (Phi) is 3.57. The Morgan fingerprint density at radius 1 is 1.46 bits per heavy atom. The van der Waals surface area contributed by atoms with E-state index in [4.69, 9.17) is 21.1 Å². The summed E-state index contributed by atoms with van der Waals surface area (Å²) in [6.07, 6.45) is 3.69. The zero-order valence-corrected chi connectivity index (χ0v) is 14.5. The van der Waals surface area contributed by atoms with Crippen LogP contribution in [0.2, 0.25) is 5.02 Å². The van der Waals surface area contributed by atoms with E-state index in [1.807, 2.05) is 10.6 Å². The number of nitrogens with zero attached hydrogens (tertiary/aromatic N) is 2. The average molecular weight is 347 g/mol. The van der Waals surface area contributed by atoms with Crippen molar-refractivity contribution in [2.75, 3.05) is 6.61 Å². The molecule has 0 unspecified atom stereocenters. The van der Waals surface area contributed by atoms with Crippen LogP contribution in [0.5, 0.6) is 11.8 Å². The van der Waals surface area contributed by atoms with Crippen LogP contribution in [0.1, 0.15) is 31.4 Å². The number of benzene rings is 1. The molecule has 0 radical (unpaired) electrons. The normalized spacial score (nSPS) is 20.4. The van der Waals surface area contributed by atoms with Crippen molar-refractivity contribution in [2.24, 2.45) is 0 Å². The van der Waals surface area contributed by atoms with Gasteiger partial charge < -0.3 is 9.47 Å². The van der Waals surface area contributed by atoms with E-state index in [1.54, 1.807) is 6.20 Å². The Bertz CT molecular complexity index is 860. The van der Waals surface area contributed by atoms with Gasteiger partial charge in [-0.15, -0.1) is 0 Å². The first-order valence-corrected chi connectivity index (χ1v) is 8.50. The molecule has 2 aliphatic rings. The van der Waals surface area contributed by atoms with Gasteiger partial charge in [0, 0.05) is 12.3 Å². The molecule has 1 aromatic heterocycles. The Morgan fingerprint density at radius 2 is 2.29 bits per heavy atom. The molecule has 6 heteroatoms. The summed E-state index contributed by atoms with van der Waals surface area (Å²) < 4.78 is 13.4. The topological polar surface area (TPSA) is 53.4 Å². The number of halogens is 1. The van der Waals surface area contributed by atoms with Gasteiger partial charge in [0.25, 0.3) is 11.6 Å². The minimum atomic E-state index is -0.299. The number of rotatable bonds is 3. The van der Waals surface area contributed by atoms with E-state index < -0.39 is 0 Å². The highest BCUT2D eigenvalue weighted by Gasteiger charge is 2.31. The van der Waals surface area contributed by atoms with Gasteiger partial charge in [0.1, 0.15) is 12.4 Å². The van der Waals surface area contributed by atoms with Crippen molar-refractivity contribution in [2.45, 2.75) is 44.8 Å². The molecule has 5 nitrogen and oxygen atoms in total. The van der Waals surface area contributed by atoms with Crippen molar-refractivity contribution in [3.05, 3.63) is 50.9 Å². The molecule has 1 aromatic carbocycles. The van der Waals surface area contributed by atoms with Crippen molar-refractivity contribution in [1.29, 1.82) is 0 Å². The maximum atomic E-state index is 11.3. The molecule has 24 heavy (non-hydrogen) atoms. The fraction of sp³-hybridized carbons (Fsp3) is 0.444. The van der Waals surface area contributed by atoms with Gasteiger partial charge in [-0.2, -0.15) is 4.98 Å². The lowest BCUT2D eigenvalue weighted by molar-refractivity contribution is 0.143. The lowest BCUT2D eigenvalue weighted by Crippen LogP contribution is -2.23. The summed E-state index contributed by atoms with van der Waals surface area (Å²) in [6, 6.07) is 5.85. The van der Waals surface area contributed by atoms with Gasteiger partial charge in [0.2, 0.25) is 0 Å². The molecule has 0 saturated heterocycles. The van der Waals surface area contributed by atoms with Gasteiger partial charge in [-0.05, 0) is 41.5 Å². The van der Waals surface area contributed by atoms with Crippen LogP contribution in [0.4, 0.5) is 0 Å². The molecule has 4 rings (SSSR count). The summed E-state index contributed by atoms with van der Waals surface area (Å²) in [4.78, 5) is 15.1. The van der Waals surface area contributed by atoms with E-state index in [1.165, 1.54) is 17.2 Å². The van der Waals surface area contributed by atoms with Crippen LogP contribution in [0.25, 0.3) is 0 Å². The fourth-order valence-corrected chi connectivity index (χ4v) is 3.66. The number of aryl methyl sites for hydroxylation is 1. The van der Waals surface area contributed by atoms with Crippen molar-refractivity contribution >= 4 is 11.6 Å². The fourth-order valence-electron chi connectivity index (χ4n) is 3.45. The number of fused-ring (bicyclic) bond motifs is 2. The molecule has 2 aromatic rings. The number of hydrogen-bond acceptors (Lipinski definition) is 4. The average Bonchev–Trinajstić information content (AvgIpc) is 3.06. The lowest BCUT2D eigenvalue weighted by atomic mass is 9.87. The smallest absolute Gasteiger partial charge is 0.300 e. The Balaban J connectivity index is 1.47. The summed E-state index contributed by atoms with van der Waals surface area (Å²) in [7, 11) is 0. The first-order valence-electron chi connectivity index (χ1n) is 8.12. The highest BCUT2D eigenvalue weighted by Crippen LogP contribution is 2.42. The quantitative estimate of drug-likeness (QED) is 0.857. The molecule has 0 fully saturated rings. The van der Waals surface area contributed by atoms with Gasteiger partial charge in [-0.25, -0.2) is 0 Å². The van der Waals surface area contributed by atoms with Gasteiger partial charge in [-0.1, -0.05) is 25.4 Å². The Morgan fingerprint density at radius 3 is 3.12 bits per heavy atom. The number of hydrogen-bond donors (Lipinski definition) is 0. The van der Waals surface area contributed by atoms with Crippen LogP contribution in [0.3, 0.4) is 0 Å².